The third-order valence-corrected chi connectivity index (χ3v) is 4.83. The highest BCUT2D eigenvalue weighted by Crippen LogP contribution is 2.32. The van der Waals surface area contributed by atoms with Crippen molar-refractivity contribution >= 4 is 17.4 Å². The van der Waals surface area contributed by atoms with E-state index in [9.17, 15) is 4.79 Å². The zero-order valence-corrected chi connectivity index (χ0v) is 15.2. The first-order chi connectivity index (χ1) is 12.1. The second-order valence-corrected chi connectivity index (χ2v) is 6.72. The number of carbonyl (C=O) groups is 1. The number of likely N-dealkylation sites (tertiary alicyclic amines) is 1. The van der Waals surface area contributed by atoms with Gasteiger partial charge in [-0.2, -0.15) is 0 Å². The Morgan fingerprint density at radius 2 is 2.08 bits per heavy atom. The van der Waals surface area contributed by atoms with Gasteiger partial charge < -0.3 is 15.1 Å². The zero-order valence-electron chi connectivity index (χ0n) is 15.2. The van der Waals surface area contributed by atoms with Crippen molar-refractivity contribution in [2.45, 2.75) is 18.8 Å². The van der Waals surface area contributed by atoms with E-state index in [4.69, 9.17) is 0 Å². The van der Waals surface area contributed by atoms with Crippen LogP contribution in [0.15, 0.2) is 42.6 Å². The average Bonchev–Trinajstić information content (AvgIpc) is 2.67. The van der Waals surface area contributed by atoms with Gasteiger partial charge in [0.25, 0.3) is 5.91 Å². The van der Waals surface area contributed by atoms with Crippen LogP contribution in [0.2, 0.25) is 0 Å². The lowest BCUT2D eigenvalue weighted by Gasteiger charge is -2.34. The topological polar surface area (TPSA) is 48.5 Å². The van der Waals surface area contributed by atoms with Crippen LogP contribution in [0.25, 0.3) is 0 Å². The summed E-state index contributed by atoms with van der Waals surface area (Å²) >= 11 is 0. The van der Waals surface area contributed by atoms with Crippen molar-refractivity contribution in [3.8, 4) is 0 Å². The van der Waals surface area contributed by atoms with E-state index >= 15 is 0 Å². The summed E-state index contributed by atoms with van der Waals surface area (Å²) in [6.07, 6.45) is 3.85. The molecule has 1 fully saturated rings. The number of amides is 1. The van der Waals surface area contributed by atoms with Crippen LogP contribution in [0.5, 0.6) is 0 Å². The van der Waals surface area contributed by atoms with E-state index in [1.807, 2.05) is 43.1 Å². The third kappa shape index (κ3) is 3.76. The van der Waals surface area contributed by atoms with Gasteiger partial charge in [0.2, 0.25) is 0 Å². The van der Waals surface area contributed by atoms with Gasteiger partial charge in [0, 0.05) is 57.6 Å². The maximum Gasteiger partial charge on any atom is 0.254 e. The Morgan fingerprint density at radius 3 is 2.84 bits per heavy atom. The molecule has 0 aliphatic carbocycles. The average molecular weight is 338 g/mol. The van der Waals surface area contributed by atoms with Crippen molar-refractivity contribution in [1.82, 2.24) is 9.88 Å². The molecular formula is C20H26N4O. The molecule has 1 aliphatic heterocycles. The van der Waals surface area contributed by atoms with E-state index in [1.165, 1.54) is 5.56 Å². The maximum atomic E-state index is 13.0. The lowest BCUT2D eigenvalue weighted by atomic mass is 9.89. The number of hydrogen-bond donors (Lipinski definition) is 1. The number of nitrogens with zero attached hydrogens (tertiary/aromatic N) is 3. The summed E-state index contributed by atoms with van der Waals surface area (Å²) in [5, 5.41) is 3.27. The molecule has 0 spiro atoms. The van der Waals surface area contributed by atoms with Crippen LogP contribution in [-0.4, -0.2) is 50.0 Å². The summed E-state index contributed by atoms with van der Waals surface area (Å²) in [5.41, 5.74) is 3.16. The molecule has 1 aromatic carbocycles. The summed E-state index contributed by atoms with van der Waals surface area (Å²) in [6.45, 7) is 1.58. The van der Waals surface area contributed by atoms with Crippen LogP contribution in [0.4, 0.5) is 11.5 Å². The Balaban J connectivity index is 1.79. The first-order valence-electron chi connectivity index (χ1n) is 8.79. The fourth-order valence-electron chi connectivity index (χ4n) is 3.47. The molecule has 1 aromatic heterocycles. The van der Waals surface area contributed by atoms with Gasteiger partial charge in [0.1, 0.15) is 5.82 Å². The summed E-state index contributed by atoms with van der Waals surface area (Å²) < 4.78 is 0. The van der Waals surface area contributed by atoms with Crippen molar-refractivity contribution in [3.63, 3.8) is 0 Å². The highest BCUT2D eigenvalue weighted by molar-refractivity contribution is 5.95. The minimum absolute atomic E-state index is 0.0946. The van der Waals surface area contributed by atoms with Gasteiger partial charge in [0.05, 0.1) is 0 Å². The molecule has 25 heavy (non-hydrogen) atoms. The summed E-state index contributed by atoms with van der Waals surface area (Å²) in [5.74, 6) is 1.27. The number of aromatic nitrogens is 1. The highest BCUT2D eigenvalue weighted by atomic mass is 16.2. The van der Waals surface area contributed by atoms with Gasteiger partial charge in [0.15, 0.2) is 0 Å². The van der Waals surface area contributed by atoms with Crippen LogP contribution in [0, 0.1) is 0 Å². The van der Waals surface area contributed by atoms with Crippen molar-refractivity contribution in [2.75, 3.05) is 44.4 Å². The van der Waals surface area contributed by atoms with E-state index in [0.717, 1.165) is 37.4 Å². The molecule has 1 N–H and O–H groups in total. The molecule has 5 nitrogen and oxygen atoms in total. The van der Waals surface area contributed by atoms with Gasteiger partial charge >= 0.3 is 0 Å². The SMILES string of the molecule is CNc1ccccc1C1CCCN(C(=O)c2ccnc(N(C)C)c2)C1. The minimum Gasteiger partial charge on any atom is -0.388 e. The number of carbonyl (C=O) groups excluding carboxylic acids is 1. The highest BCUT2D eigenvalue weighted by Gasteiger charge is 2.27. The predicted octanol–water partition coefficient (Wildman–Crippen LogP) is 3.21. The number of piperidine rings is 1. The molecule has 2 aromatic rings. The molecule has 5 heteroatoms. The second kappa shape index (κ2) is 7.55. The number of anilines is 2. The normalized spacial score (nSPS) is 17.2. The number of benzene rings is 1. The molecule has 2 heterocycles. The summed E-state index contributed by atoms with van der Waals surface area (Å²) in [6, 6.07) is 12.1. The largest absolute Gasteiger partial charge is 0.388 e. The van der Waals surface area contributed by atoms with Crippen LogP contribution >= 0.6 is 0 Å². The van der Waals surface area contributed by atoms with E-state index in [2.05, 4.69) is 28.5 Å². The van der Waals surface area contributed by atoms with E-state index in [1.54, 1.807) is 12.3 Å². The number of nitrogens with one attached hydrogen (secondary N) is 1. The second-order valence-electron chi connectivity index (χ2n) is 6.72. The molecule has 1 saturated heterocycles. The standard InChI is InChI=1S/C20H26N4O/c1-21-18-9-5-4-8-17(18)16-7-6-12-24(14-16)20(25)15-10-11-22-19(13-15)23(2)3/h4-5,8-11,13,16,21H,6-7,12,14H2,1-3H3. The molecule has 1 atom stereocenters. The first-order valence-corrected chi connectivity index (χ1v) is 8.79. The van der Waals surface area contributed by atoms with E-state index < -0.39 is 0 Å². The summed E-state index contributed by atoms with van der Waals surface area (Å²) in [7, 11) is 5.81. The number of para-hydroxylation sites is 1. The Morgan fingerprint density at radius 1 is 1.28 bits per heavy atom. The van der Waals surface area contributed by atoms with E-state index in [-0.39, 0.29) is 5.91 Å². The Kier molecular flexibility index (Phi) is 5.22. The summed E-state index contributed by atoms with van der Waals surface area (Å²) in [4.78, 5) is 21.2. The van der Waals surface area contributed by atoms with Crippen LogP contribution in [0.1, 0.15) is 34.7 Å². The Labute approximate surface area is 149 Å². The monoisotopic (exact) mass is 338 g/mol. The Hall–Kier alpha value is -2.56. The number of rotatable bonds is 4. The minimum atomic E-state index is 0.0946. The fraction of sp³-hybridized carbons (Fsp3) is 0.400. The van der Waals surface area contributed by atoms with Crippen molar-refractivity contribution in [2.24, 2.45) is 0 Å². The molecule has 0 radical (unpaired) electrons. The van der Waals surface area contributed by atoms with Crippen LogP contribution < -0.4 is 10.2 Å². The van der Waals surface area contributed by atoms with Crippen LogP contribution in [-0.2, 0) is 0 Å². The maximum absolute atomic E-state index is 13.0. The zero-order chi connectivity index (χ0) is 17.8. The molecule has 1 amide bonds. The van der Waals surface area contributed by atoms with Crippen molar-refractivity contribution < 1.29 is 4.79 Å². The molecule has 0 bridgehead atoms. The Bertz CT molecular complexity index is 744. The number of pyridine rings is 1. The first kappa shape index (κ1) is 17.3. The van der Waals surface area contributed by atoms with Crippen molar-refractivity contribution in [1.29, 1.82) is 0 Å². The van der Waals surface area contributed by atoms with Gasteiger partial charge in [-0.25, -0.2) is 4.98 Å². The van der Waals surface area contributed by atoms with E-state index in [0.29, 0.717) is 11.5 Å². The van der Waals surface area contributed by atoms with Crippen molar-refractivity contribution in [3.05, 3.63) is 53.7 Å². The van der Waals surface area contributed by atoms with Gasteiger partial charge in [-0.3, -0.25) is 4.79 Å². The van der Waals surface area contributed by atoms with Crippen LogP contribution in [0.3, 0.4) is 0 Å². The molecule has 0 saturated carbocycles. The molecular weight excluding hydrogens is 312 g/mol. The quantitative estimate of drug-likeness (QED) is 0.930. The lowest BCUT2D eigenvalue weighted by Crippen LogP contribution is -2.39. The third-order valence-electron chi connectivity index (χ3n) is 4.83. The predicted molar refractivity (Wildman–Crippen MR) is 102 cm³/mol. The smallest absolute Gasteiger partial charge is 0.254 e. The molecule has 132 valence electrons. The molecule has 3 rings (SSSR count). The van der Waals surface area contributed by atoms with Gasteiger partial charge in [-0.05, 0) is 36.6 Å². The lowest BCUT2D eigenvalue weighted by molar-refractivity contribution is 0.0707. The molecule has 1 unspecified atom stereocenters. The fourth-order valence-corrected chi connectivity index (χ4v) is 3.47. The molecule has 1 aliphatic rings. The van der Waals surface area contributed by atoms with Gasteiger partial charge in [-0.15, -0.1) is 0 Å². The van der Waals surface area contributed by atoms with Gasteiger partial charge in [-0.1, -0.05) is 18.2 Å². The number of hydrogen-bond acceptors (Lipinski definition) is 4.